The third-order valence-corrected chi connectivity index (χ3v) is 5.07. The zero-order valence-electron chi connectivity index (χ0n) is 15.5. The van der Waals surface area contributed by atoms with Crippen LogP contribution in [0.15, 0.2) is 78.9 Å². The molecule has 0 aromatic heterocycles. The third kappa shape index (κ3) is 5.42. The number of carbonyl (C=O) groups excluding carboxylic acids is 2. The summed E-state index contributed by atoms with van der Waals surface area (Å²) in [5, 5.41) is 5.95. The number of hydrogen-bond donors (Lipinski definition) is 2. The number of benzene rings is 3. The van der Waals surface area contributed by atoms with Crippen LogP contribution in [0.1, 0.15) is 33.9 Å². The number of aryl methyl sites for hydroxylation is 1. The van der Waals surface area contributed by atoms with E-state index in [0.717, 1.165) is 20.4 Å². The molecule has 2 amide bonds. The van der Waals surface area contributed by atoms with Crippen LogP contribution in [0.4, 0.5) is 5.69 Å². The van der Waals surface area contributed by atoms with Crippen molar-refractivity contribution in [3.8, 4) is 0 Å². The largest absolute Gasteiger partial charge is 0.345 e. The Bertz CT molecular complexity index is 959. The standard InChI is InChI=1S/C23H21IN2O2/c1-16-14-19(24)12-13-20(16)25-22(27)15-21(17-8-4-2-5-9-17)26-23(28)18-10-6-3-7-11-18/h2-14,21H,15H2,1H3,(H,25,27)(H,26,28)/t21-/m1/s1. The SMILES string of the molecule is Cc1cc(I)ccc1NC(=O)C[C@@H](NC(=O)c1ccccc1)c1ccccc1. The van der Waals surface area contributed by atoms with Crippen molar-refractivity contribution in [1.82, 2.24) is 5.32 Å². The fraction of sp³-hybridized carbons (Fsp3) is 0.130. The predicted octanol–water partition coefficient (Wildman–Crippen LogP) is 5.10. The van der Waals surface area contributed by atoms with Gasteiger partial charge >= 0.3 is 0 Å². The van der Waals surface area contributed by atoms with Gasteiger partial charge in [-0.3, -0.25) is 9.59 Å². The molecule has 2 N–H and O–H groups in total. The monoisotopic (exact) mass is 484 g/mol. The van der Waals surface area contributed by atoms with Gasteiger partial charge in [-0.2, -0.15) is 0 Å². The first-order valence-electron chi connectivity index (χ1n) is 9.00. The summed E-state index contributed by atoms with van der Waals surface area (Å²) < 4.78 is 1.12. The number of carbonyl (C=O) groups is 2. The van der Waals surface area contributed by atoms with Crippen molar-refractivity contribution in [1.29, 1.82) is 0 Å². The molecule has 4 nitrogen and oxygen atoms in total. The molecular formula is C23H21IN2O2. The fourth-order valence-electron chi connectivity index (χ4n) is 2.92. The molecule has 0 aliphatic heterocycles. The van der Waals surface area contributed by atoms with Crippen molar-refractivity contribution in [3.05, 3.63) is 99.1 Å². The van der Waals surface area contributed by atoms with E-state index in [0.29, 0.717) is 5.56 Å². The van der Waals surface area contributed by atoms with Gasteiger partial charge in [0.2, 0.25) is 5.91 Å². The Morgan fingerprint density at radius 1 is 0.929 bits per heavy atom. The van der Waals surface area contributed by atoms with E-state index in [1.54, 1.807) is 12.1 Å². The Hall–Kier alpha value is -2.67. The first-order chi connectivity index (χ1) is 13.5. The molecule has 5 heteroatoms. The molecule has 0 saturated heterocycles. The molecule has 0 aliphatic rings. The lowest BCUT2D eigenvalue weighted by Crippen LogP contribution is -2.31. The Morgan fingerprint density at radius 3 is 2.21 bits per heavy atom. The molecule has 28 heavy (non-hydrogen) atoms. The first kappa shape index (κ1) is 20.1. The van der Waals surface area contributed by atoms with E-state index in [4.69, 9.17) is 0 Å². The lowest BCUT2D eigenvalue weighted by atomic mass is 10.0. The lowest BCUT2D eigenvalue weighted by molar-refractivity contribution is -0.116. The van der Waals surface area contributed by atoms with E-state index in [2.05, 4.69) is 33.2 Å². The van der Waals surface area contributed by atoms with Crippen LogP contribution < -0.4 is 10.6 Å². The van der Waals surface area contributed by atoms with Crippen molar-refractivity contribution >= 4 is 40.1 Å². The van der Waals surface area contributed by atoms with Gasteiger partial charge in [-0.25, -0.2) is 0 Å². The first-order valence-corrected chi connectivity index (χ1v) is 10.1. The van der Waals surface area contributed by atoms with Gasteiger partial charge in [-0.15, -0.1) is 0 Å². The van der Waals surface area contributed by atoms with Gasteiger partial charge in [-0.1, -0.05) is 48.5 Å². The fourth-order valence-corrected chi connectivity index (χ4v) is 3.57. The highest BCUT2D eigenvalue weighted by molar-refractivity contribution is 14.1. The molecule has 0 unspecified atom stereocenters. The Balaban J connectivity index is 1.75. The van der Waals surface area contributed by atoms with Crippen molar-refractivity contribution in [2.45, 2.75) is 19.4 Å². The third-order valence-electron chi connectivity index (χ3n) is 4.40. The molecule has 3 aromatic carbocycles. The van der Waals surface area contributed by atoms with E-state index in [9.17, 15) is 9.59 Å². The van der Waals surface area contributed by atoms with Crippen LogP contribution in [0.25, 0.3) is 0 Å². The zero-order valence-corrected chi connectivity index (χ0v) is 17.6. The Labute approximate surface area is 178 Å². The number of hydrogen-bond acceptors (Lipinski definition) is 2. The normalized spacial score (nSPS) is 11.5. The maximum absolute atomic E-state index is 12.7. The lowest BCUT2D eigenvalue weighted by Gasteiger charge is -2.19. The summed E-state index contributed by atoms with van der Waals surface area (Å²) in [4.78, 5) is 25.3. The Kier molecular flexibility index (Phi) is 6.81. The summed E-state index contributed by atoms with van der Waals surface area (Å²) >= 11 is 2.24. The van der Waals surface area contributed by atoms with Crippen LogP contribution in [-0.2, 0) is 4.79 Å². The molecular weight excluding hydrogens is 463 g/mol. The molecule has 142 valence electrons. The number of rotatable bonds is 6. The predicted molar refractivity (Wildman–Crippen MR) is 120 cm³/mol. The highest BCUT2D eigenvalue weighted by Crippen LogP contribution is 2.21. The highest BCUT2D eigenvalue weighted by atomic mass is 127. The minimum Gasteiger partial charge on any atom is -0.345 e. The van der Waals surface area contributed by atoms with Crippen LogP contribution in [0.5, 0.6) is 0 Å². The second kappa shape index (κ2) is 9.50. The van der Waals surface area contributed by atoms with Gasteiger partial charge in [0, 0.05) is 14.8 Å². The average Bonchev–Trinajstić information content (AvgIpc) is 2.71. The molecule has 3 rings (SSSR count). The molecule has 0 saturated carbocycles. The van der Waals surface area contributed by atoms with Gasteiger partial charge in [0.1, 0.15) is 0 Å². The van der Waals surface area contributed by atoms with Crippen molar-refractivity contribution in [2.24, 2.45) is 0 Å². The molecule has 0 bridgehead atoms. The van der Waals surface area contributed by atoms with Crippen molar-refractivity contribution < 1.29 is 9.59 Å². The summed E-state index contributed by atoms with van der Waals surface area (Å²) in [6.45, 7) is 1.96. The van der Waals surface area contributed by atoms with E-state index in [1.807, 2.05) is 73.7 Å². The topological polar surface area (TPSA) is 58.2 Å². The van der Waals surface area contributed by atoms with Gasteiger partial charge in [0.15, 0.2) is 0 Å². The molecule has 1 atom stereocenters. The average molecular weight is 484 g/mol. The Morgan fingerprint density at radius 2 is 1.57 bits per heavy atom. The number of nitrogens with one attached hydrogen (secondary N) is 2. The number of halogens is 1. The van der Waals surface area contributed by atoms with Crippen LogP contribution in [0, 0.1) is 10.5 Å². The molecule has 0 aliphatic carbocycles. The molecule has 0 fully saturated rings. The minimum atomic E-state index is -0.418. The van der Waals surface area contributed by atoms with Crippen LogP contribution in [0.3, 0.4) is 0 Å². The maximum atomic E-state index is 12.7. The molecule has 3 aromatic rings. The molecule has 0 radical (unpaired) electrons. The second-order valence-electron chi connectivity index (χ2n) is 6.51. The van der Waals surface area contributed by atoms with Gasteiger partial charge in [0.05, 0.1) is 12.5 Å². The number of anilines is 1. The van der Waals surface area contributed by atoms with Crippen molar-refractivity contribution in [2.75, 3.05) is 5.32 Å². The van der Waals surface area contributed by atoms with Crippen LogP contribution in [0.2, 0.25) is 0 Å². The van der Waals surface area contributed by atoms with Crippen LogP contribution in [-0.4, -0.2) is 11.8 Å². The van der Waals surface area contributed by atoms with E-state index < -0.39 is 6.04 Å². The van der Waals surface area contributed by atoms with Crippen molar-refractivity contribution in [3.63, 3.8) is 0 Å². The summed E-state index contributed by atoms with van der Waals surface area (Å²) in [7, 11) is 0. The summed E-state index contributed by atoms with van der Waals surface area (Å²) in [5.41, 5.74) is 3.25. The highest BCUT2D eigenvalue weighted by Gasteiger charge is 2.19. The molecule has 0 spiro atoms. The zero-order chi connectivity index (χ0) is 19.9. The van der Waals surface area contributed by atoms with Gasteiger partial charge in [0.25, 0.3) is 5.91 Å². The summed E-state index contributed by atoms with van der Waals surface area (Å²) in [6.07, 6.45) is 0.147. The smallest absolute Gasteiger partial charge is 0.251 e. The number of amides is 2. The summed E-state index contributed by atoms with van der Waals surface area (Å²) in [6, 6.07) is 24.0. The van der Waals surface area contributed by atoms with Crippen LogP contribution >= 0.6 is 22.6 Å². The quantitative estimate of drug-likeness (QED) is 0.479. The van der Waals surface area contributed by atoms with E-state index in [-0.39, 0.29) is 18.2 Å². The minimum absolute atomic E-state index is 0.147. The van der Waals surface area contributed by atoms with Gasteiger partial charge in [-0.05, 0) is 71.0 Å². The summed E-state index contributed by atoms with van der Waals surface area (Å²) in [5.74, 6) is -0.348. The van der Waals surface area contributed by atoms with E-state index in [1.165, 1.54) is 0 Å². The second-order valence-corrected chi connectivity index (χ2v) is 7.76. The van der Waals surface area contributed by atoms with E-state index >= 15 is 0 Å². The maximum Gasteiger partial charge on any atom is 0.251 e. The van der Waals surface area contributed by atoms with Gasteiger partial charge < -0.3 is 10.6 Å². The molecule has 0 heterocycles.